The van der Waals surface area contributed by atoms with Crippen LogP contribution in [-0.4, -0.2) is 54.3 Å². The van der Waals surface area contributed by atoms with Gasteiger partial charge in [-0.25, -0.2) is 9.78 Å². The van der Waals surface area contributed by atoms with Crippen molar-refractivity contribution >= 4 is 34.3 Å². The van der Waals surface area contributed by atoms with Crippen molar-refractivity contribution in [3.63, 3.8) is 0 Å². The molecule has 2 heterocycles. The molecule has 0 bridgehead atoms. The molecule has 2 aromatic rings. The number of morpholine rings is 1. The Morgan fingerprint density at radius 1 is 1.31 bits per heavy atom. The molecule has 0 spiro atoms. The van der Waals surface area contributed by atoms with Gasteiger partial charge in [-0.05, 0) is 23.6 Å². The number of fused-ring (bicyclic) bond motifs is 1. The number of esters is 1. The zero-order valence-corrected chi connectivity index (χ0v) is 18.4. The van der Waals surface area contributed by atoms with Crippen molar-refractivity contribution in [1.29, 1.82) is 0 Å². The lowest BCUT2D eigenvalue weighted by Crippen LogP contribution is -2.36. The van der Waals surface area contributed by atoms with E-state index >= 15 is 0 Å². The first-order valence-corrected chi connectivity index (χ1v) is 10.7. The number of nitrogens with zero attached hydrogens (tertiary/aromatic N) is 3. The number of rotatable bonds is 4. The summed E-state index contributed by atoms with van der Waals surface area (Å²) in [6.07, 6.45) is 0.625. The Hall–Kier alpha value is -2.52. The number of methoxy groups -OCH3 is 1. The smallest absolute Gasteiger partial charge is 0.449 e. The zero-order chi connectivity index (χ0) is 23.0. The Kier molecular flexibility index (Phi) is 6.22. The Morgan fingerprint density at radius 3 is 2.69 bits per heavy atom. The van der Waals surface area contributed by atoms with Gasteiger partial charge >= 0.3 is 12.1 Å². The van der Waals surface area contributed by atoms with Gasteiger partial charge in [-0.2, -0.15) is 13.2 Å². The van der Waals surface area contributed by atoms with Crippen LogP contribution in [0.15, 0.2) is 35.9 Å². The number of hydrogen-bond donors (Lipinski definition) is 0. The average molecular weight is 470 g/mol. The van der Waals surface area contributed by atoms with Crippen LogP contribution in [0.25, 0.3) is 11.0 Å². The number of ether oxygens (including phenoxy) is 2. The first-order chi connectivity index (χ1) is 15.2. The van der Waals surface area contributed by atoms with Crippen LogP contribution >= 0.6 is 11.6 Å². The third-order valence-electron chi connectivity index (χ3n) is 5.88. The lowest BCUT2D eigenvalue weighted by molar-refractivity contribution is -0.146. The number of allylic oxidation sites excluding steroid dienone is 4. The quantitative estimate of drug-likeness (QED) is 0.490. The molecule has 1 fully saturated rings. The van der Waals surface area contributed by atoms with Crippen molar-refractivity contribution in [3.8, 4) is 0 Å². The Bertz CT molecular complexity index is 1090. The second kappa shape index (κ2) is 8.78. The van der Waals surface area contributed by atoms with Gasteiger partial charge in [-0.15, -0.1) is 11.6 Å². The van der Waals surface area contributed by atoms with E-state index in [1.54, 1.807) is 24.3 Å². The van der Waals surface area contributed by atoms with Crippen LogP contribution in [0.5, 0.6) is 0 Å². The topological polar surface area (TPSA) is 56.6 Å². The van der Waals surface area contributed by atoms with Gasteiger partial charge < -0.3 is 18.9 Å². The molecule has 1 aromatic carbocycles. The normalized spacial score (nSPS) is 21.7. The van der Waals surface area contributed by atoms with E-state index in [4.69, 9.17) is 21.1 Å². The summed E-state index contributed by atoms with van der Waals surface area (Å²) in [6.45, 7) is 3.94. The molecule has 0 N–H and O–H groups in total. The maximum Gasteiger partial charge on any atom is 0.449 e. The molecule has 1 saturated heterocycles. The molecule has 0 radical (unpaired) electrons. The van der Waals surface area contributed by atoms with E-state index in [0.29, 0.717) is 32.0 Å². The van der Waals surface area contributed by atoms with Gasteiger partial charge in [0.05, 0.1) is 36.8 Å². The van der Waals surface area contributed by atoms with Gasteiger partial charge in [-0.3, -0.25) is 0 Å². The number of aromatic nitrogens is 2. The Labute approximate surface area is 188 Å². The second-order valence-electron chi connectivity index (χ2n) is 7.83. The number of imidazole rings is 1. The Balaban J connectivity index is 1.92. The average Bonchev–Trinajstić information content (AvgIpc) is 3.15. The standard InChI is InChI=1S/C22H23ClF3N3O3/c1-13-14(4-3-5-17(13)23)12-29-18-11-15(28-6-8-32-9-7-28)10-16(20(30)31-2)19(18)27-21(29)22(24,25)26/h3-5,10-11,13,17H,6-9,12H2,1-2H3. The minimum Gasteiger partial charge on any atom is -0.465 e. The maximum atomic E-state index is 14.0. The molecular formula is C22H23ClF3N3O3. The fourth-order valence-corrected chi connectivity index (χ4v) is 4.29. The van der Waals surface area contributed by atoms with Crippen LogP contribution in [0.3, 0.4) is 0 Å². The molecule has 0 saturated carbocycles. The highest BCUT2D eigenvalue weighted by atomic mass is 35.5. The summed E-state index contributed by atoms with van der Waals surface area (Å²) >= 11 is 6.31. The fourth-order valence-electron chi connectivity index (χ4n) is 4.04. The van der Waals surface area contributed by atoms with Gasteiger partial charge in [0.25, 0.3) is 0 Å². The molecule has 172 valence electrons. The van der Waals surface area contributed by atoms with Crippen LogP contribution in [-0.2, 0) is 22.2 Å². The van der Waals surface area contributed by atoms with Gasteiger partial charge in [0.15, 0.2) is 0 Å². The van der Waals surface area contributed by atoms with Gasteiger partial charge in [0.2, 0.25) is 5.82 Å². The number of carbonyl (C=O) groups is 1. The first kappa shape index (κ1) is 22.7. The summed E-state index contributed by atoms with van der Waals surface area (Å²) in [7, 11) is 1.19. The molecule has 1 aliphatic heterocycles. The molecule has 32 heavy (non-hydrogen) atoms. The number of alkyl halides is 4. The highest BCUT2D eigenvalue weighted by Gasteiger charge is 2.39. The number of halogens is 4. The SMILES string of the molecule is COC(=O)c1cc(N2CCOCC2)cc2c1nc(C(F)(F)F)n2CC1=CC=CC(Cl)C1C. The summed E-state index contributed by atoms with van der Waals surface area (Å²) in [5, 5.41) is -0.311. The lowest BCUT2D eigenvalue weighted by Gasteiger charge is -2.29. The number of anilines is 1. The second-order valence-corrected chi connectivity index (χ2v) is 8.33. The third kappa shape index (κ3) is 4.23. The van der Waals surface area contributed by atoms with Gasteiger partial charge in [0, 0.05) is 25.3 Å². The van der Waals surface area contributed by atoms with Crippen LogP contribution in [0.1, 0.15) is 23.1 Å². The zero-order valence-electron chi connectivity index (χ0n) is 17.7. The van der Waals surface area contributed by atoms with E-state index < -0.39 is 18.0 Å². The Morgan fingerprint density at radius 2 is 2.03 bits per heavy atom. The van der Waals surface area contributed by atoms with E-state index in [0.717, 1.165) is 10.1 Å². The third-order valence-corrected chi connectivity index (χ3v) is 6.41. The number of carbonyl (C=O) groups excluding carboxylic acids is 1. The minimum absolute atomic E-state index is 0.00321. The maximum absolute atomic E-state index is 14.0. The van der Waals surface area contributed by atoms with E-state index in [9.17, 15) is 18.0 Å². The van der Waals surface area contributed by atoms with E-state index in [-0.39, 0.29) is 34.4 Å². The van der Waals surface area contributed by atoms with E-state index in [2.05, 4.69) is 4.98 Å². The van der Waals surface area contributed by atoms with Crippen molar-refractivity contribution in [1.82, 2.24) is 9.55 Å². The summed E-state index contributed by atoms with van der Waals surface area (Å²) in [5.74, 6) is -1.95. The summed E-state index contributed by atoms with van der Waals surface area (Å²) in [5.41, 5.74) is 1.54. The molecule has 10 heteroatoms. The summed E-state index contributed by atoms with van der Waals surface area (Å²) < 4.78 is 53.3. The molecule has 2 unspecified atom stereocenters. The highest BCUT2D eigenvalue weighted by molar-refractivity contribution is 6.22. The summed E-state index contributed by atoms with van der Waals surface area (Å²) in [6, 6.07) is 3.19. The number of benzene rings is 1. The van der Waals surface area contributed by atoms with Gasteiger partial charge in [0.1, 0.15) is 5.52 Å². The fraction of sp³-hybridized carbons (Fsp3) is 0.455. The largest absolute Gasteiger partial charge is 0.465 e. The minimum atomic E-state index is -4.71. The van der Waals surface area contributed by atoms with Crippen molar-refractivity contribution < 1.29 is 27.4 Å². The lowest BCUT2D eigenvalue weighted by atomic mass is 9.92. The van der Waals surface area contributed by atoms with E-state index in [1.807, 2.05) is 11.8 Å². The predicted molar refractivity (Wildman–Crippen MR) is 115 cm³/mol. The number of hydrogen-bond acceptors (Lipinski definition) is 5. The molecule has 6 nitrogen and oxygen atoms in total. The highest BCUT2D eigenvalue weighted by Crippen LogP contribution is 2.37. The van der Waals surface area contributed by atoms with Crippen molar-refractivity contribution in [3.05, 3.63) is 47.3 Å². The molecule has 1 aromatic heterocycles. The molecule has 0 amide bonds. The first-order valence-electron chi connectivity index (χ1n) is 10.2. The molecule has 2 aliphatic rings. The van der Waals surface area contributed by atoms with Crippen LogP contribution in [0.4, 0.5) is 18.9 Å². The van der Waals surface area contributed by atoms with Crippen molar-refractivity contribution in [2.24, 2.45) is 5.92 Å². The van der Waals surface area contributed by atoms with Crippen molar-refractivity contribution in [2.75, 3.05) is 38.3 Å². The van der Waals surface area contributed by atoms with E-state index in [1.165, 1.54) is 13.2 Å². The summed E-state index contributed by atoms with van der Waals surface area (Å²) in [4.78, 5) is 18.3. The monoisotopic (exact) mass is 469 g/mol. The van der Waals surface area contributed by atoms with Crippen LogP contribution in [0.2, 0.25) is 0 Å². The molecular weight excluding hydrogens is 447 g/mol. The van der Waals surface area contributed by atoms with Crippen molar-refractivity contribution in [2.45, 2.75) is 25.0 Å². The molecule has 2 atom stereocenters. The van der Waals surface area contributed by atoms with Gasteiger partial charge in [-0.1, -0.05) is 25.2 Å². The molecule has 1 aliphatic carbocycles. The molecule has 4 rings (SSSR count). The predicted octanol–water partition coefficient (Wildman–Crippen LogP) is 4.42. The van der Waals surface area contributed by atoms with Crippen LogP contribution < -0.4 is 4.90 Å². The van der Waals surface area contributed by atoms with Crippen LogP contribution in [0, 0.1) is 5.92 Å².